The highest BCUT2D eigenvalue weighted by atomic mass is 35.5. The van der Waals surface area contributed by atoms with E-state index < -0.39 is 0 Å². The molecule has 0 aliphatic heterocycles. The molecule has 0 aliphatic rings. The van der Waals surface area contributed by atoms with Gasteiger partial charge in [0.05, 0.1) is 12.9 Å². The van der Waals surface area contributed by atoms with Crippen LogP contribution in [0.2, 0.25) is 5.02 Å². The second-order valence-electron chi connectivity index (χ2n) is 5.42. The number of anilines is 2. The van der Waals surface area contributed by atoms with E-state index in [1.54, 1.807) is 19.2 Å². The number of carbonyl (C=O) groups excluding carboxylic acids is 1. The van der Waals surface area contributed by atoms with E-state index in [-0.39, 0.29) is 11.7 Å². The number of amides is 1. The number of methoxy groups -OCH3 is 1. The summed E-state index contributed by atoms with van der Waals surface area (Å²) in [6.07, 6.45) is 0. The van der Waals surface area contributed by atoms with Crippen LogP contribution < -0.4 is 15.4 Å². The topological polar surface area (TPSA) is 76.1 Å². The Labute approximate surface area is 170 Å². The summed E-state index contributed by atoms with van der Waals surface area (Å²) >= 11 is 8.59. The highest BCUT2D eigenvalue weighted by Gasteiger charge is 2.09. The van der Waals surface area contributed by atoms with Gasteiger partial charge in [-0.15, -0.1) is 10.2 Å². The second kappa shape index (κ2) is 9.59. The van der Waals surface area contributed by atoms with Crippen LogP contribution in [-0.2, 0) is 11.3 Å². The Morgan fingerprint density at radius 3 is 2.81 bits per heavy atom. The molecule has 1 heterocycles. The second-order valence-corrected chi connectivity index (χ2v) is 8.06. The molecule has 3 rings (SSSR count). The number of benzene rings is 2. The molecule has 1 aromatic heterocycles. The van der Waals surface area contributed by atoms with Gasteiger partial charge in [-0.1, -0.05) is 52.9 Å². The number of thioether (sulfide) groups is 1. The molecule has 0 aliphatic carbocycles. The van der Waals surface area contributed by atoms with Gasteiger partial charge in [-0.25, -0.2) is 0 Å². The molecule has 6 nitrogen and oxygen atoms in total. The molecule has 3 aromatic rings. The molecule has 2 aromatic carbocycles. The maximum Gasteiger partial charge on any atom is 0.230 e. The maximum atomic E-state index is 12.0. The fraction of sp³-hybridized carbons (Fsp3) is 0.167. The first kappa shape index (κ1) is 19.5. The van der Waals surface area contributed by atoms with Gasteiger partial charge in [-0.3, -0.25) is 4.79 Å². The van der Waals surface area contributed by atoms with Gasteiger partial charge in [0.15, 0.2) is 4.34 Å². The molecular weight excluding hydrogens is 404 g/mol. The van der Waals surface area contributed by atoms with Crippen LogP contribution in [-0.4, -0.2) is 29.0 Å². The molecule has 1 amide bonds. The number of halogens is 1. The lowest BCUT2D eigenvalue weighted by atomic mass is 10.2. The average Bonchev–Trinajstić information content (AvgIpc) is 3.13. The summed E-state index contributed by atoms with van der Waals surface area (Å²) in [5.41, 5.74) is 1.86. The highest BCUT2D eigenvalue weighted by molar-refractivity contribution is 8.01. The average molecular weight is 421 g/mol. The minimum Gasteiger partial charge on any atom is -0.497 e. The molecule has 0 fully saturated rings. The highest BCUT2D eigenvalue weighted by Crippen LogP contribution is 2.28. The normalized spacial score (nSPS) is 10.4. The molecule has 0 atom stereocenters. The summed E-state index contributed by atoms with van der Waals surface area (Å²) < 4.78 is 5.92. The monoisotopic (exact) mass is 420 g/mol. The fourth-order valence-corrected chi connectivity index (χ4v) is 3.85. The molecule has 0 saturated carbocycles. The van der Waals surface area contributed by atoms with Crippen molar-refractivity contribution in [1.82, 2.24) is 15.5 Å². The zero-order valence-corrected chi connectivity index (χ0v) is 16.8. The van der Waals surface area contributed by atoms with Crippen LogP contribution in [0.15, 0.2) is 52.9 Å². The van der Waals surface area contributed by atoms with Crippen LogP contribution >= 0.6 is 34.7 Å². The van der Waals surface area contributed by atoms with Crippen molar-refractivity contribution in [3.05, 3.63) is 59.1 Å². The van der Waals surface area contributed by atoms with Gasteiger partial charge in [0, 0.05) is 23.3 Å². The van der Waals surface area contributed by atoms with Gasteiger partial charge in [0.25, 0.3) is 0 Å². The van der Waals surface area contributed by atoms with Crippen LogP contribution in [0.5, 0.6) is 5.75 Å². The molecule has 140 valence electrons. The van der Waals surface area contributed by atoms with E-state index in [0.717, 1.165) is 21.3 Å². The lowest BCUT2D eigenvalue weighted by molar-refractivity contribution is -0.118. The number of nitrogens with one attached hydrogen (secondary N) is 2. The van der Waals surface area contributed by atoms with E-state index in [2.05, 4.69) is 20.8 Å². The van der Waals surface area contributed by atoms with Crippen molar-refractivity contribution in [2.24, 2.45) is 0 Å². The molecular formula is C18H17ClN4O2S2. The van der Waals surface area contributed by atoms with Crippen molar-refractivity contribution in [3.8, 4) is 5.75 Å². The Hall–Kier alpha value is -2.29. The summed E-state index contributed by atoms with van der Waals surface area (Å²) in [6, 6.07) is 14.9. The summed E-state index contributed by atoms with van der Waals surface area (Å²) in [7, 11) is 1.62. The standard InChI is InChI=1S/C18H17ClN4O2S2/c1-25-15-4-2-3-14(9-15)21-17-22-23-18(27-17)26-11-16(24)20-10-12-5-7-13(19)8-6-12/h2-9H,10-11H2,1H3,(H,20,24)(H,21,22). The number of nitrogens with zero attached hydrogens (tertiary/aromatic N) is 2. The molecule has 0 radical (unpaired) electrons. The van der Waals surface area contributed by atoms with Crippen molar-refractivity contribution >= 4 is 51.4 Å². The number of aromatic nitrogens is 2. The van der Waals surface area contributed by atoms with Gasteiger partial charge in [-0.2, -0.15) is 0 Å². The predicted octanol–water partition coefficient (Wildman–Crippen LogP) is 4.35. The smallest absolute Gasteiger partial charge is 0.230 e. The van der Waals surface area contributed by atoms with Crippen molar-refractivity contribution in [1.29, 1.82) is 0 Å². The van der Waals surface area contributed by atoms with E-state index in [1.807, 2.05) is 36.4 Å². The molecule has 2 N–H and O–H groups in total. The van der Waals surface area contributed by atoms with Crippen LogP contribution in [0.3, 0.4) is 0 Å². The minimum absolute atomic E-state index is 0.0625. The Balaban J connectivity index is 1.46. The largest absolute Gasteiger partial charge is 0.497 e. The fourth-order valence-electron chi connectivity index (χ4n) is 2.12. The van der Waals surface area contributed by atoms with Crippen LogP contribution in [0, 0.1) is 0 Å². The summed E-state index contributed by atoms with van der Waals surface area (Å²) in [4.78, 5) is 12.0. The number of hydrogen-bond acceptors (Lipinski definition) is 7. The number of hydrogen-bond donors (Lipinski definition) is 2. The lowest BCUT2D eigenvalue weighted by Crippen LogP contribution is -2.24. The van der Waals surface area contributed by atoms with Crippen molar-refractivity contribution < 1.29 is 9.53 Å². The number of carbonyl (C=O) groups is 1. The van der Waals surface area contributed by atoms with Gasteiger partial charge in [0.2, 0.25) is 11.0 Å². The molecule has 0 bridgehead atoms. The first-order valence-corrected chi connectivity index (χ1v) is 10.2. The van der Waals surface area contributed by atoms with E-state index in [4.69, 9.17) is 16.3 Å². The van der Waals surface area contributed by atoms with Gasteiger partial charge in [0.1, 0.15) is 5.75 Å². The van der Waals surface area contributed by atoms with E-state index in [9.17, 15) is 4.79 Å². The first-order valence-electron chi connectivity index (χ1n) is 8.01. The van der Waals surface area contributed by atoms with Crippen LogP contribution in [0.1, 0.15) is 5.56 Å². The van der Waals surface area contributed by atoms with E-state index >= 15 is 0 Å². The Bertz CT molecular complexity index is 902. The zero-order valence-electron chi connectivity index (χ0n) is 14.4. The SMILES string of the molecule is COc1cccc(Nc2nnc(SCC(=O)NCc3ccc(Cl)cc3)s2)c1. The third-order valence-electron chi connectivity index (χ3n) is 3.46. The molecule has 9 heteroatoms. The lowest BCUT2D eigenvalue weighted by Gasteiger charge is -2.04. The number of rotatable bonds is 8. The van der Waals surface area contributed by atoms with Crippen molar-refractivity contribution in [2.45, 2.75) is 10.9 Å². The van der Waals surface area contributed by atoms with E-state index in [1.165, 1.54) is 23.1 Å². The molecule has 0 spiro atoms. The summed E-state index contributed by atoms with van der Waals surface area (Å²) in [5, 5.41) is 15.6. The Morgan fingerprint density at radius 2 is 2.04 bits per heavy atom. The van der Waals surface area contributed by atoms with Gasteiger partial charge < -0.3 is 15.4 Å². The third-order valence-corrected chi connectivity index (χ3v) is 5.68. The van der Waals surface area contributed by atoms with Gasteiger partial charge in [-0.05, 0) is 29.8 Å². The summed E-state index contributed by atoms with van der Waals surface area (Å²) in [6.45, 7) is 0.468. The first-order chi connectivity index (χ1) is 13.1. The molecule has 0 saturated heterocycles. The summed E-state index contributed by atoms with van der Waals surface area (Å²) in [5.74, 6) is 0.977. The van der Waals surface area contributed by atoms with Crippen molar-refractivity contribution in [3.63, 3.8) is 0 Å². The quantitative estimate of drug-likeness (QED) is 0.527. The predicted molar refractivity (Wildman–Crippen MR) is 110 cm³/mol. The Morgan fingerprint density at radius 1 is 1.22 bits per heavy atom. The van der Waals surface area contributed by atoms with Crippen LogP contribution in [0.25, 0.3) is 0 Å². The molecule has 27 heavy (non-hydrogen) atoms. The third kappa shape index (κ3) is 6.13. The van der Waals surface area contributed by atoms with Crippen LogP contribution in [0.4, 0.5) is 10.8 Å². The van der Waals surface area contributed by atoms with Gasteiger partial charge >= 0.3 is 0 Å². The Kier molecular flexibility index (Phi) is 6.92. The van der Waals surface area contributed by atoms with E-state index in [0.29, 0.717) is 16.7 Å². The maximum absolute atomic E-state index is 12.0. The minimum atomic E-state index is -0.0625. The zero-order chi connectivity index (χ0) is 19.1. The number of ether oxygens (including phenoxy) is 1. The van der Waals surface area contributed by atoms with Crippen molar-refractivity contribution in [2.75, 3.05) is 18.2 Å². The molecule has 0 unspecified atom stereocenters.